The zero-order valence-electron chi connectivity index (χ0n) is 12.1. The number of para-hydroxylation sites is 1. The summed E-state index contributed by atoms with van der Waals surface area (Å²) in [6.07, 6.45) is -0.675. The Bertz CT molecular complexity index is 684. The van der Waals surface area contributed by atoms with E-state index in [2.05, 4.69) is 16.5 Å². The van der Waals surface area contributed by atoms with Crippen molar-refractivity contribution in [3.8, 4) is 11.8 Å². The van der Waals surface area contributed by atoms with E-state index in [0.29, 0.717) is 11.3 Å². The zero-order chi connectivity index (χ0) is 15.4. The molecule has 1 amide bonds. The molecule has 1 N–H and O–H groups in total. The number of amides is 1. The van der Waals surface area contributed by atoms with E-state index in [1.54, 1.807) is 36.0 Å². The molecule has 0 fully saturated rings. The van der Waals surface area contributed by atoms with Crippen LogP contribution >= 0.6 is 0 Å². The first-order valence-electron chi connectivity index (χ1n) is 6.53. The highest BCUT2D eigenvalue weighted by Crippen LogP contribution is 2.24. The molecule has 1 heterocycles. The predicted molar refractivity (Wildman–Crippen MR) is 78.1 cm³/mol. The summed E-state index contributed by atoms with van der Waals surface area (Å²) in [5, 5.41) is 15.9. The van der Waals surface area contributed by atoms with Crippen LogP contribution in [0.4, 0.5) is 10.6 Å². The average Bonchev–Trinajstić information content (AvgIpc) is 2.75. The number of hydrogen-bond donors (Lipinski definition) is 1. The zero-order valence-corrected chi connectivity index (χ0v) is 12.1. The lowest BCUT2D eigenvalue weighted by molar-refractivity contribution is 0.215. The number of nitriles is 1. The predicted octanol–water partition coefficient (Wildman–Crippen LogP) is 3.03. The van der Waals surface area contributed by atoms with Crippen molar-refractivity contribution >= 4 is 11.9 Å². The van der Waals surface area contributed by atoms with Crippen LogP contribution in [0.3, 0.4) is 0 Å². The average molecular weight is 284 g/mol. The number of anilines is 1. The summed E-state index contributed by atoms with van der Waals surface area (Å²) >= 11 is 0. The molecule has 0 aliphatic carbocycles. The SMILES string of the molecule is CC(C)c1c(C#N)c(NC(=O)Oc2ccccc2)nn1C. The second kappa shape index (κ2) is 6.09. The Morgan fingerprint density at radius 2 is 2.05 bits per heavy atom. The molecule has 0 spiro atoms. The van der Waals surface area contributed by atoms with Crippen LogP contribution in [0.2, 0.25) is 0 Å². The van der Waals surface area contributed by atoms with E-state index in [1.165, 1.54) is 0 Å². The molecular weight excluding hydrogens is 268 g/mol. The quantitative estimate of drug-likeness (QED) is 0.939. The third-order valence-electron chi connectivity index (χ3n) is 2.92. The van der Waals surface area contributed by atoms with Crippen LogP contribution in [0.1, 0.15) is 31.0 Å². The highest BCUT2D eigenvalue weighted by molar-refractivity contribution is 5.87. The van der Waals surface area contributed by atoms with Gasteiger partial charge in [-0.25, -0.2) is 4.79 Å². The third-order valence-corrected chi connectivity index (χ3v) is 2.92. The van der Waals surface area contributed by atoms with Crippen LogP contribution in [0.15, 0.2) is 30.3 Å². The number of hydrogen-bond acceptors (Lipinski definition) is 4. The molecule has 0 aliphatic heterocycles. The molecule has 0 saturated carbocycles. The highest BCUT2D eigenvalue weighted by Gasteiger charge is 2.20. The van der Waals surface area contributed by atoms with Gasteiger partial charge in [-0.2, -0.15) is 10.4 Å². The van der Waals surface area contributed by atoms with Crippen LogP contribution in [0, 0.1) is 11.3 Å². The molecule has 0 unspecified atom stereocenters. The number of carbonyl (C=O) groups excluding carboxylic acids is 1. The van der Waals surface area contributed by atoms with Crippen molar-refractivity contribution in [3.63, 3.8) is 0 Å². The lowest BCUT2D eigenvalue weighted by Crippen LogP contribution is -2.17. The van der Waals surface area contributed by atoms with Crippen LogP contribution in [-0.2, 0) is 7.05 Å². The van der Waals surface area contributed by atoms with E-state index in [1.807, 2.05) is 19.9 Å². The molecule has 0 aliphatic rings. The number of rotatable bonds is 3. The Morgan fingerprint density at radius 3 is 2.62 bits per heavy atom. The van der Waals surface area contributed by atoms with Crippen molar-refractivity contribution in [1.82, 2.24) is 9.78 Å². The summed E-state index contributed by atoms with van der Waals surface area (Å²) in [7, 11) is 1.74. The Balaban J connectivity index is 2.19. The molecule has 1 aromatic heterocycles. The first kappa shape index (κ1) is 14.6. The van der Waals surface area contributed by atoms with Gasteiger partial charge < -0.3 is 4.74 Å². The minimum absolute atomic E-state index is 0.123. The standard InChI is InChI=1S/C15H16N4O2/c1-10(2)13-12(9-16)14(18-19(13)3)17-15(20)21-11-7-5-4-6-8-11/h4-8,10H,1-3H3,(H,17,18,20). The number of aryl methyl sites for hydroxylation is 1. The number of benzene rings is 1. The molecule has 1 aromatic carbocycles. The van der Waals surface area contributed by atoms with Gasteiger partial charge in [-0.1, -0.05) is 32.0 Å². The van der Waals surface area contributed by atoms with Crippen LogP contribution in [0.25, 0.3) is 0 Å². The van der Waals surface area contributed by atoms with Gasteiger partial charge in [0.2, 0.25) is 0 Å². The monoisotopic (exact) mass is 284 g/mol. The summed E-state index contributed by atoms with van der Waals surface area (Å²) in [6.45, 7) is 3.92. The fourth-order valence-electron chi connectivity index (χ4n) is 2.11. The third kappa shape index (κ3) is 3.20. The second-order valence-corrected chi connectivity index (χ2v) is 4.83. The summed E-state index contributed by atoms with van der Waals surface area (Å²) in [4.78, 5) is 11.8. The van der Waals surface area contributed by atoms with Crippen LogP contribution in [0.5, 0.6) is 5.75 Å². The molecule has 0 saturated heterocycles. The maximum atomic E-state index is 11.8. The number of ether oxygens (including phenoxy) is 1. The van der Waals surface area contributed by atoms with E-state index in [0.717, 1.165) is 5.69 Å². The van der Waals surface area contributed by atoms with Gasteiger partial charge in [-0.15, -0.1) is 0 Å². The minimum Gasteiger partial charge on any atom is -0.410 e. The number of carbonyl (C=O) groups is 1. The molecule has 0 atom stereocenters. The Hall–Kier alpha value is -2.81. The summed E-state index contributed by atoms with van der Waals surface area (Å²) in [5.41, 5.74) is 1.13. The smallest absolute Gasteiger partial charge is 0.410 e. The van der Waals surface area contributed by atoms with E-state index in [-0.39, 0.29) is 11.7 Å². The Labute approximate surface area is 123 Å². The second-order valence-electron chi connectivity index (χ2n) is 4.83. The number of nitrogens with zero attached hydrogens (tertiary/aromatic N) is 3. The molecule has 0 radical (unpaired) electrons. The Kier molecular flexibility index (Phi) is 4.24. The van der Waals surface area contributed by atoms with Crippen molar-refractivity contribution in [2.45, 2.75) is 19.8 Å². The molecular formula is C15H16N4O2. The normalized spacial score (nSPS) is 10.2. The van der Waals surface area contributed by atoms with Crippen molar-refractivity contribution in [1.29, 1.82) is 5.26 Å². The van der Waals surface area contributed by atoms with E-state index in [4.69, 9.17) is 4.74 Å². The maximum absolute atomic E-state index is 11.8. The molecule has 2 rings (SSSR count). The number of aromatic nitrogens is 2. The summed E-state index contributed by atoms with van der Waals surface area (Å²) < 4.78 is 6.72. The molecule has 2 aromatic rings. The van der Waals surface area contributed by atoms with E-state index >= 15 is 0 Å². The first-order valence-corrected chi connectivity index (χ1v) is 6.53. The molecule has 108 valence electrons. The van der Waals surface area contributed by atoms with E-state index in [9.17, 15) is 10.1 Å². The van der Waals surface area contributed by atoms with Gasteiger partial charge in [0.05, 0.1) is 5.69 Å². The summed E-state index contributed by atoms with van der Waals surface area (Å²) in [6, 6.07) is 10.8. The molecule has 0 bridgehead atoms. The van der Waals surface area contributed by atoms with Crippen molar-refractivity contribution in [2.75, 3.05) is 5.32 Å². The minimum atomic E-state index is -0.675. The fraction of sp³-hybridized carbons (Fsp3) is 0.267. The highest BCUT2D eigenvalue weighted by atomic mass is 16.6. The van der Waals surface area contributed by atoms with Crippen LogP contribution in [-0.4, -0.2) is 15.9 Å². The van der Waals surface area contributed by atoms with Gasteiger partial charge in [0.25, 0.3) is 0 Å². The van der Waals surface area contributed by atoms with Gasteiger partial charge in [0, 0.05) is 7.05 Å². The van der Waals surface area contributed by atoms with Crippen molar-refractivity contribution in [3.05, 3.63) is 41.6 Å². The Morgan fingerprint density at radius 1 is 1.38 bits per heavy atom. The topological polar surface area (TPSA) is 79.9 Å². The number of nitrogens with one attached hydrogen (secondary N) is 1. The van der Waals surface area contributed by atoms with Gasteiger partial charge in [0.1, 0.15) is 17.4 Å². The van der Waals surface area contributed by atoms with Gasteiger partial charge in [-0.3, -0.25) is 10.00 Å². The van der Waals surface area contributed by atoms with Gasteiger partial charge in [0.15, 0.2) is 5.82 Å². The van der Waals surface area contributed by atoms with Gasteiger partial charge in [-0.05, 0) is 18.1 Å². The molecule has 6 heteroatoms. The van der Waals surface area contributed by atoms with Crippen LogP contribution < -0.4 is 10.1 Å². The molecule has 21 heavy (non-hydrogen) atoms. The summed E-state index contributed by atoms with van der Waals surface area (Å²) in [5.74, 6) is 0.760. The van der Waals surface area contributed by atoms with Gasteiger partial charge >= 0.3 is 6.09 Å². The first-order chi connectivity index (χ1) is 10.0. The largest absolute Gasteiger partial charge is 0.418 e. The maximum Gasteiger partial charge on any atom is 0.418 e. The fourth-order valence-corrected chi connectivity index (χ4v) is 2.11. The lowest BCUT2D eigenvalue weighted by Gasteiger charge is -2.05. The lowest BCUT2D eigenvalue weighted by atomic mass is 10.1. The molecule has 6 nitrogen and oxygen atoms in total. The van der Waals surface area contributed by atoms with Crippen molar-refractivity contribution < 1.29 is 9.53 Å². The van der Waals surface area contributed by atoms with Crippen molar-refractivity contribution in [2.24, 2.45) is 7.05 Å². The van der Waals surface area contributed by atoms with E-state index < -0.39 is 6.09 Å².